The lowest BCUT2D eigenvalue weighted by molar-refractivity contribution is -0.194. The molecule has 0 radical (unpaired) electrons. The number of nitrogens with one attached hydrogen (secondary N) is 1. The van der Waals surface area contributed by atoms with Crippen molar-refractivity contribution in [1.82, 2.24) is 14.8 Å². The molecule has 3 aromatic rings. The molecule has 7 rings (SSSR count). The molecule has 0 atom stereocenters. The van der Waals surface area contributed by atoms with Crippen molar-refractivity contribution >= 4 is 21.7 Å². The van der Waals surface area contributed by atoms with Crippen molar-refractivity contribution in [2.24, 2.45) is 10.8 Å². The van der Waals surface area contributed by atoms with Crippen LogP contribution in [-0.4, -0.2) is 41.0 Å². The Bertz CT molecular complexity index is 1110. The molecular weight excluding hydrogens is 334 g/mol. The van der Waals surface area contributed by atoms with Crippen LogP contribution >= 0.6 is 0 Å². The summed E-state index contributed by atoms with van der Waals surface area (Å²) in [5.74, 6) is 0. The summed E-state index contributed by atoms with van der Waals surface area (Å²) in [5, 5.41) is 3.50. The number of hydrogen-bond acceptors (Lipinski definition) is 3. The first-order chi connectivity index (χ1) is 12.9. The van der Waals surface area contributed by atoms with Crippen molar-refractivity contribution in [2.75, 3.05) is 26.2 Å². The summed E-state index contributed by atoms with van der Waals surface area (Å²) in [6.45, 7) is 9.21. The van der Waals surface area contributed by atoms with Gasteiger partial charge in [0.15, 0.2) is 0 Å². The van der Waals surface area contributed by atoms with Crippen LogP contribution in [0.4, 0.5) is 0 Å². The molecule has 2 aromatic carbocycles. The number of benzene rings is 2. The molecule has 4 nitrogen and oxygen atoms in total. The second-order valence-corrected chi connectivity index (χ2v) is 9.82. The number of H-pyrrole nitrogens is 1. The molecule has 4 fully saturated rings. The zero-order chi connectivity index (χ0) is 18.4. The molecule has 0 unspecified atom stereocenters. The van der Waals surface area contributed by atoms with Gasteiger partial charge in [-0.05, 0) is 51.6 Å². The largest absolute Gasteiger partial charge is 0.322 e. The SMILES string of the molecule is CC12CN3CC(C)(CN(C1)C3c1cc3cc4ccccc4cc3[nH]c1=O)C2. The Labute approximate surface area is 158 Å². The van der Waals surface area contributed by atoms with Crippen LogP contribution in [0.25, 0.3) is 21.7 Å². The molecule has 0 aliphatic carbocycles. The van der Waals surface area contributed by atoms with Gasteiger partial charge in [0, 0.05) is 37.3 Å². The summed E-state index contributed by atoms with van der Waals surface area (Å²) >= 11 is 0. The molecule has 138 valence electrons. The van der Waals surface area contributed by atoms with Crippen molar-refractivity contribution in [3.8, 4) is 0 Å². The maximum absolute atomic E-state index is 13.0. The van der Waals surface area contributed by atoms with E-state index in [2.05, 4.69) is 65.0 Å². The van der Waals surface area contributed by atoms with Gasteiger partial charge in [0.2, 0.25) is 0 Å². The predicted octanol–water partition coefficient (Wildman–Crippen LogP) is 3.73. The van der Waals surface area contributed by atoms with Crippen LogP contribution in [0.15, 0.2) is 47.3 Å². The number of piperidine rings is 2. The minimum absolute atomic E-state index is 0.0607. The van der Waals surface area contributed by atoms with Gasteiger partial charge in [0.1, 0.15) is 0 Å². The molecular formula is C23H25N3O. The van der Waals surface area contributed by atoms with E-state index in [4.69, 9.17) is 0 Å². The van der Waals surface area contributed by atoms with E-state index in [1.165, 1.54) is 11.8 Å². The monoisotopic (exact) mass is 359 g/mol. The number of nitrogens with zero attached hydrogens (tertiary/aromatic N) is 2. The van der Waals surface area contributed by atoms with Gasteiger partial charge in [-0.15, -0.1) is 0 Å². The third-order valence-electron chi connectivity index (χ3n) is 6.90. The Morgan fingerprint density at radius 2 is 1.48 bits per heavy atom. The molecule has 1 aromatic heterocycles. The highest BCUT2D eigenvalue weighted by atomic mass is 16.1. The first kappa shape index (κ1) is 15.8. The van der Waals surface area contributed by atoms with E-state index in [9.17, 15) is 4.79 Å². The zero-order valence-corrected chi connectivity index (χ0v) is 16.0. The summed E-state index contributed by atoms with van der Waals surface area (Å²) in [6, 6.07) is 14.8. The summed E-state index contributed by atoms with van der Waals surface area (Å²) in [4.78, 5) is 21.3. The van der Waals surface area contributed by atoms with E-state index < -0.39 is 0 Å². The standard InChI is InChI=1S/C23H25N3O/c1-22-10-23(2)13-25(11-22)21(26(12-22)14-23)18-8-17-7-15-5-3-4-6-16(15)9-19(17)24-20(18)27/h3-9,21H,10-14H2,1-2H3,(H,24,27). The highest BCUT2D eigenvalue weighted by molar-refractivity contribution is 5.96. The lowest BCUT2D eigenvalue weighted by Crippen LogP contribution is -2.71. The highest BCUT2D eigenvalue weighted by Crippen LogP contribution is 2.53. The van der Waals surface area contributed by atoms with Gasteiger partial charge in [-0.25, -0.2) is 0 Å². The Morgan fingerprint density at radius 1 is 0.889 bits per heavy atom. The summed E-state index contributed by atoms with van der Waals surface area (Å²) in [5.41, 5.74) is 2.62. The third-order valence-corrected chi connectivity index (χ3v) is 6.90. The first-order valence-electron chi connectivity index (χ1n) is 9.95. The van der Waals surface area contributed by atoms with Crippen LogP contribution in [0.2, 0.25) is 0 Å². The third kappa shape index (κ3) is 2.26. The fourth-order valence-electron chi connectivity index (χ4n) is 6.50. The molecule has 0 amide bonds. The van der Waals surface area contributed by atoms with Crippen LogP contribution < -0.4 is 5.56 Å². The van der Waals surface area contributed by atoms with Crippen LogP contribution in [0.3, 0.4) is 0 Å². The molecule has 1 N–H and O–H groups in total. The summed E-state index contributed by atoms with van der Waals surface area (Å²) < 4.78 is 0. The number of rotatable bonds is 1. The fourth-order valence-corrected chi connectivity index (χ4v) is 6.50. The minimum atomic E-state index is 0.0607. The Morgan fingerprint density at radius 3 is 2.11 bits per heavy atom. The Kier molecular flexibility index (Phi) is 2.94. The Hall–Kier alpha value is -2.17. The molecule has 27 heavy (non-hydrogen) atoms. The van der Waals surface area contributed by atoms with E-state index in [1.54, 1.807) is 0 Å². The van der Waals surface area contributed by atoms with Gasteiger partial charge in [0.05, 0.1) is 6.17 Å². The van der Waals surface area contributed by atoms with E-state index in [0.29, 0.717) is 10.8 Å². The number of aromatic amines is 1. The van der Waals surface area contributed by atoms with Crippen molar-refractivity contribution in [3.05, 3.63) is 58.4 Å². The molecule has 5 heterocycles. The molecule has 0 spiro atoms. The van der Waals surface area contributed by atoms with Crippen LogP contribution in [0, 0.1) is 10.8 Å². The van der Waals surface area contributed by atoms with E-state index in [0.717, 1.165) is 48.0 Å². The quantitative estimate of drug-likeness (QED) is 0.673. The van der Waals surface area contributed by atoms with Crippen molar-refractivity contribution in [1.29, 1.82) is 0 Å². The smallest absolute Gasteiger partial charge is 0.254 e. The maximum Gasteiger partial charge on any atom is 0.254 e. The second-order valence-electron chi connectivity index (χ2n) is 9.82. The second kappa shape index (κ2) is 5.00. The number of aromatic nitrogens is 1. The van der Waals surface area contributed by atoms with Crippen LogP contribution in [-0.2, 0) is 0 Å². The lowest BCUT2D eigenvalue weighted by Gasteiger charge is -2.66. The predicted molar refractivity (Wildman–Crippen MR) is 109 cm³/mol. The fraction of sp³-hybridized carbons (Fsp3) is 0.435. The van der Waals surface area contributed by atoms with Crippen molar-refractivity contribution < 1.29 is 0 Å². The molecule has 4 aliphatic rings. The number of pyridine rings is 1. The van der Waals surface area contributed by atoms with Crippen LogP contribution in [0.5, 0.6) is 0 Å². The van der Waals surface area contributed by atoms with Crippen LogP contribution in [0.1, 0.15) is 32.0 Å². The summed E-state index contributed by atoms with van der Waals surface area (Å²) in [6.07, 6.45) is 1.42. The van der Waals surface area contributed by atoms with Crippen molar-refractivity contribution in [3.63, 3.8) is 0 Å². The average molecular weight is 359 g/mol. The molecule has 4 aliphatic heterocycles. The Balaban J connectivity index is 1.50. The van der Waals surface area contributed by atoms with E-state index in [1.807, 2.05) is 6.07 Å². The maximum atomic E-state index is 13.0. The topological polar surface area (TPSA) is 39.3 Å². The molecule has 4 saturated heterocycles. The van der Waals surface area contributed by atoms with E-state index >= 15 is 0 Å². The van der Waals surface area contributed by atoms with Gasteiger partial charge in [-0.1, -0.05) is 38.1 Å². The first-order valence-corrected chi connectivity index (χ1v) is 9.95. The van der Waals surface area contributed by atoms with Gasteiger partial charge >= 0.3 is 0 Å². The van der Waals surface area contributed by atoms with Gasteiger partial charge < -0.3 is 4.98 Å². The summed E-state index contributed by atoms with van der Waals surface area (Å²) in [7, 11) is 0. The number of hydrogen-bond donors (Lipinski definition) is 1. The van der Waals surface area contributed by atoms with Gasteiger partial charge in [-0.2, -0.15) is 0 Å². The number of fused-ring (bicyclic) bond motifs is 2. The highest BCUT2D eigenvalue weighted by Gasteiger charge is 2.56. The van der Waals surface area contributed by atoms with Gasteiger partial charge in [0.25, 0.3) is 5.56 Å². The molecule has 4 heteroatoms. The minimum Gasteiger partial charge on any atom is -0.322 e. The van der Waals surface area contributed by atoms with Gasteiger partial charge in [-0.3, -0.25) is 14.6 Å². The molecule has 4 bridgehead atoms. The lowest BCUT2D eigenvalue weighted by atomic mass is 9.63. The average Bonchev–Trinajstić information content (AvgIpc) is 2.58. The van der Waals surface area contributed by atoms with E-state index in [-0.39, 0.29) is 11.7 Å². The molecule has 0 saturated carbocycles. The normalized spacial score (nSPS) is 37.3. The van der Waals surface area contributed by atoms with Crippen molar-refractivity contribution in [2.45, 2.75) is 26.4 Å². The zero-order valence-electron chi connectivity index (χ0n) is 16.0.